The molecule has 0 bridgehead atoms. The molecule has 3 rings (SSSR count). The molecule has 128 valence electrons. The van der Waals surface area contributed by atoms with Crippen LogP contribution in [0.1, 0.15) is 28.9 Å². The molecule has 0 fully saturated rings. The second-order valence-corrected chi connectivity index (χ2v) is 5.77. The Balaban J connectivity index is 1.67. The summed E-state index contributed by atoms with van der Waals surface area (Å²) < 4.78 is 14.6. The molecule has 2 atom stereocenters. The van der Waals surface area contributed by atoms with Crippen molar-refractivity contribution in [3.05, 3.63) is 83.9 Å². The second kappa shape index (κ2) is 7.27. The maximum Gasteiger partial charge on any atom is 0.254 e. The number of hydrogen-bond donors (Lipinski definition) is 2. The van der Waals surface area contributed by atoms with Gasteiger partial charge in [0.2, 0.25) is 0 Å². The number of amides is 1. The molecule has 0 aliphatic rings. The van der Waals surface area contributed by atoms with Gasteiger partial charge >= 0.3 is 0 Å². The van der Waals surface area contributed by atoms with Gasteiger partial charge in [-0.25, -0.2) is 9.07 Å². The van der Waals surface area contributed by atoms with E-state index in [1.165, 1.54) is 30.5 Å². The summed E-state index contributed by atoms with van der Waals surface area (Å²) in [6, 6.07) is 14.4. The first-order valence-corrected chi connectivity index (χ1v) is 7.89. The summed E-state index contributed by atoms with van der Waals surface area (Å²) in [5.74, 6) is -0.711. The molecule has 0 saturated carbocycles. The number of halogens is 1. The van der Waals surface area contributed by atoms with Gasteiger partial charge in [0.25, 0.3) is 5.91 Å². The minimum atomic E-state index is -0.936. The Morgan fingerprint density at radius 3 is 2.52 bits per heavy atom. The van der Waals surface area contributed by atoms with Crippen LogP contribution >= 0.6 is 0 Å². The number of nitrogens with zero attached hydrogens (tertiary/aromatic N) is 2. The van der Waals surface area contributed by atoms with Crippen LogP contribution in [0.15, 0.2) is 67.0 Å². The molecule has 0 radical (unpaired) electrons. The normalized spacial score (nSPS) is 13.2. The van der Waals surface area contributed by atoms with E-state index in [4.69, 9.17) is 0 Å². The molecule has 2 unspecified atom stereocenters. The number of carbonyl (C=O) groups excluding carboxylic acids is 1. The molecule has 0 aliphatic heterocycles. The third-order valence-electron chi connectivity index (χ3n) is 3.91. The molecular weight excluding hydrogens is 321 g/mol. The topological polar surface area (TPSA) is 67.2 Å². The van der Waals surface area contributed by atoms with Gasteiger partial charge in [0, 0.05) is 6.20 Å². The molecule has 0 spiro atoms. The van der Waals surface area contributed by atoms with E-state index in [0.717, 1.165) is 5.69 Å². The number of para-hydroxylation sites is 1. The van der Waals surface area contributed by atoms with E-state index in [2.05, 4.69) is 10.4 Å². The van der Waals surface area contributed by atoms with Gasteiger partial charge in [0.05, 0.1) is 29.6 Å². The van der Waals surface area contributed by atoms with E-state index in [-0.39, 0.29) is 11.7 Å². The Morgan fingerprint density at radius 1 is 1.16 bits per heavy atom. The summed E-state index contributed by atoms with van der Waals surface area (Å²) in [5.41, 5.74) is 1.78. The van der Waals surface area contributed by atoms with Crippen molar-refractivity contribution >= 4 is 5.91 Å². The van der Waals surface area contributed by atoms with Gasteiger partial charge in [-0.3, -0.25) is 4.79 Å². The van der Waals surface area contributed by atoms with Gasteiger partial charge in [0.1, 0.15) is 5.82 Å². The quantitative estimate of drug-likeness (QED) is 0.751. The zero-order valence-corrected chi connectivity index (χ0v) is 13.6. The van der Waals surface area contributed by atoms with E-state index >= 15 is 0 Å². The number of carbonyl (C=O) groups is 1. The Morgan fingerprint density at radius 2 is 1.84 bits per heavy atom. The van der Waals surface area contributed by atoms with E-state index in [1.54, 1.807) is 17.8 Å². The predicted molar refractivity (Wildman–Crippen MR) is 91.9 cm³/mol. The summed E-state index contributed by atoms with van der Waals surface area (Å²) in [5, 5.41) is 17.2. The van der Waals surface area contributed by atoms with Crippen LogP contribution in [0, 0.1) is 5.82 Å². The SMILES string of the molecule is CC(NC(=O)c1cnn(-c2ccccc2)c1)C(O)c1ccc(F)cc1. The van der Waals surface area contributed by atoms with Crippen molar-refractivity contribution < 1.29 is 14.3 Å². The zero-order valence-electron chi connectivity index (χ0n) is 13.6. The molecule has 0 aliphatic carbocycles. The lowest BCUT2D eigenvalue weighted by molar-refractivity contribution is 0.0852. The van der Waals surface area contributed by atoms with Crippen LogP contribution in [0.4, 0.5) is 4.39 Å². The van der Waals surface area contributed by atoms with E-state index in [1.807, 2.05) is 30.3 Å². The lowest BCUT2D eigenvalue weighted by Gasteiger charge is -2.20. The number of aliphatic hydroxyl groups excluding tert-OH is 1. The number of aromatic nitrogens is 2. The standard InChI is InChI=1S/C19H18FN3O2/c1-13(18(24)14-7-9-16(20)10-8-14)22-19(25)15-11-21-23(12-15)17-5-3-2-4-6-17/h2-13,18,24H,1H3,(H,22,25). The molecule has 3 aromatic rings. The van der Waals surface area contributed by atoms with Crippen LogP contribution in [0.2, 0.25) is 0 Å². The molecule has 5 nitrogen and oxygen atoms in total. The molecule has 1 amide bonds. The van der Waals surface area contributed by atoms with Gasteiger partial charge in [-0.15, -0.1) is 0 Å². The maximum atomic E-state index is 13.0. The highest BCUT2D eigenvalue weighted by Gasteiger charge is 2.20. The number of rotatable bonds is 5. The smallest absolute Gasteiger partial charge is 0.254 e. The number of hydrogen-bond acceptors (Lipinski definition) is 3. The average molecular weight is 339 g/mol. The van der Waals surface area contributed by atoms with Crippen LogP contribution in [0.5, 0.6) is 0 Å². The first-order chi connectivity index (χ1) is 12.0. The Bertz CT molecular complexity index is 847. The minimum absolute atomic E-state index is 0.337. The number of nitrogens with one attached hydrogen (secondary N) is 1. The van der Waals surface area contributed by atoms with Gasteiger partial charge < -0.3 is 10.4 Å². The Hall–Kier alpha value is -2.99. The molecular formula is C19H18FN3O2. The van der Waals surface area contributed by atoms with Crippen molar-refractivity contribution in [3.8, 4) is 5.69 Å². The van der Waals surface area contributed by atoms with Crippen LogP contribution < -0.4 is 5.32 Å². The molecule has 2 N–H and O–H groups in total. The van der Waals surface area contributed by atoms with Gasteiger partial charge in [-0.2, -0.15) is 5.10 Å². The molecule has 25 heavy (non-hydrogen) atoms. The summed E-state index contributed by atoms with van der Waals surface area (Å²) in [4.78, 5) is 12.4. The molecule has 0 saturated heterocycles. The molecule has 1 heterocycles. The summed E-state index contributed by atoms with van der Waals surface area (Å²) in [6.45, 7) is 1.69. The lowest BCUT2D eigenvalue weighted by Crippen LogP contribution is -2.36. The van der Waals surface area contributed by atoms with Crippen LogP contribution in [-0.2, 0) is 0 Å². The average Bonchev–Trinajstić information content (AvgIpc) is 3.13. The molecule has 2 aromatic carbocycles. The van der Waals surface area contributed by atoms with Gasteiger partial charge in [0.15, 0.2) is 0 Å². The summed E-state index contributed by atoms with van der Waals surface area (Å²) in [7, 11) is 0. The Labute approximate surface area is 144 Å². The van der Waals surface area contributed by atoms with Gasteiger partial charge in [-0.05, 0) is 36.8 Å². The van der Waals surface area contributed by atoms with E-state index < -0.39 is 12.1 Å². The third-order valence-corrected chi connectivity index (χ3v) is 3.91. The maximum absolute atomic E-state index is 13.0. The van der Waals surface area contributed by atoms with Crippen molar-refractivity contribution in [2.75, 3.05) is 0 Å². The first kappa shape index (κ1) is 16.9. The highest BCUT2D eigenvalue weighted by atomic mass is 19.1. The van der Waals surface area contributed by atoms with Gasteiger partial charge in [-0.1, -0.05) is 30.3 Å². The lowest BCUT2D eigenvalue weighted by atomic mass is 10.0. The first-order valence-electron chi connectivity index (χ1n) is 7.89. The molecule has 1 aromatic heterocycles. The summed E-state index contributed by atoms with van der Waals surface area (Å²) in [6.07, 6.45) is 2.16. The third kappa shape index (κ3) is 3.92. The van der Waals surface area contributed by atoms with Crippen molar-refractivity contribution in [1.29, 1.82) is 0 Å². The van der Waals surface area contributed by atoms with Crippen LogP contribution in [-0.4, -0.2) is 26.8 Å². The number of aliphatic hydroxyl groups is 1. The highest BCUT2D eigenvalue weighted by molar-refractivity contribution is 5.94. The van der Waals surface area contributed by atoms with Crippen LogP contribution in [0.25, 0.3) is 5.69 Å². The minimum Gasteiger partial charge on any atom is -0.386 e. The fourth-order valence-corrected chi connectivity index (χ4v) is 2.48. The van der Waals surface area contributed by atoms with E-state index in [9.17, 15) is 14.3 Å². The fraction of sp³-hybridized carbons (Fsp3) is 0.158. The predicted octanol–water partition coefficient (Wildman–Crippen LogP) is 2.86. The summed E-state index contributed by atoms with van der Waals surface area (Å²) >= 11 is 0. The molecule has 6 heteroatoms. The monoisotopic (exact) mass is 339 g/mol. The highest BCUT2D eigenvalue weighted by Crippen LogP contribution is 2.17. The fourth-order valence-electron chi connectivity index (χ4n) is 2.48. The zero-order chi connectivity index (χ0) is 17.8. The van der Waals surface area contributed by atoms with Crippen molar-refractivity contribution in [3.63, 3.8) is 0 Å². The second-order valence-electron chi connectivity index (χ2n) is 5.77. The van der Waals surface area contributed by atoms with Crippen LogP contribution in [0.3, 0.4) is 0 Å². The van der Waals surface area contributed by atoms with Crippen molar-refractivity contribution in [1.82, 2.24) is 15.1 Å². The van der Waals surface area contributed by atoms with Crippen molar-refractivity contribution in [2.24, 2.45) is 0 Å². The number of benzene rings is 2. The Kier molecular flexibility index (Phi) is 4.90. The largest absolute Gasteiger partial charge is 0.386 e. The van der Waals surface area contributed by atoms with Crippen molar-refractivity contribution in [2.45, 2.75) is 19.1 Å². The van der Waals surface area contributed by atoms with E-state index in [0.29, 0.717) is 11.1 Å².